The minimum Gasteiger partial charge on any atom is -0.379 e. The summed E-state index contributed by atoms with van der Waals surface area (Å²) in [5, 5.41) is 15.6. The van der Waals surface area contributed by atoms with Crippen LogP contribution in [0.5, 0.6) is 0 Å². The lowest BCUT2D eigenvalue weighted by Crippen LogP contribution is -2.51. The smallest absolute Gasteiger partial charge is 0.191 e. The third kappa shape index (κ3) is 6.52. The van der Waals surface area contributed by atoms with Gasteiger partial charge in [-0.3, -0.25) is 14.3 Å². The van der Waals surface area contributed by atoms with E-state index in [1.807, 2.05) is 35.8 Å². The summed E-state index contributed by atoms with van der Waals surface area (Å²) in [5.74, 6) is 1.83. The molecule has 4 rings (SSSR count). The SMILES string of the molecule is CN=C(NCCc1nnc2ccccn12)NCC1(CN2CCOCC2)CCCCC1.I. The van der Waals surface area contributed by atoms with Crippen molar-refractivity contribution in [3.05, 3.63) is 30.2 Å². The summed E-state index contributed by atoms with van der Waals surface area (Å²) in [7, 11) is 1.84. The van der Waals surface area contributed by atoms with Crippen LogP contribution in [0.1, 0.15) is 37.9 Å². The van der Waals surface area contributed by atoms with E-state index in [-0.39, 0.29) is 24.0 Å². The van der Waals surface area contributed by atoms with Crippen LogP contribution >= 0.6 is 24.0 Å². The Hall–Kier alpha value is -1.46. The maximum atomic E-state index is 5.54. The van der Waals surface area contributed by atoms with Crippen molar-refractivity contribution < 1.29 is 4.74 Å². The van der Waals surface area contributed by atoms with Gasteiger partial charge in [0.25, 0.3) is 0 Å². The van der Waals surface area contributed by atoms with Gasteiger partial charge in [0.2, 0.25) is 0 Å². The average molecular weight is 541 g/mol. The van der Waals surface area contributed by atoms with Crippen molar-refractivity contribution in [2.75, 3.05) is 53.0 Å². The van der Waals surface area contributed by atoms with Crippen molar-refractivity contribution in [2.45, 2.75) is 38.5 Å². The molecule has 2 aromatic rings. The molecule has 1 aliphatic heterocycles. The molecule has 0 radical (unpaired) electrons. The molecule has 2 aliphatic rings. The lowest BCUT2D eigenvalue weighted by molar-refractivity contribution is 0.00820. The Balaban J connectivity index is 0.00000272. The first-order chi connectivity index (χ1) is 14.8. The van der Waals surface area contributed by atoms with Gasteiger partial charge in [0.15, 0.2) is 11.6 Å². The van der Waals surface area contributed by atoms with Gasteiger partial charge in [0.05, 0.1) is 13.2 Å². The number of nitrogens with one attached hydrogen (secondary N) is 2. The second-order valence-corrected chi connectivity index (χ2v) is 8.60. The Morgan fingerprint density at radius 1 is 1.13 bits per heavy atom. The molecule has 172 valence electrons. The van der Waals surface area contributed by atoms with Crippen molar-refractivity contribution in [1.29, 1.82) is 0 Å². The van der Waals surface area contributed by atoms with Crippen LogP contribution in [-0.2, 0) is 11.2 Å². The van der Waals surface area contributed by atoms with E-state index in [0.29, 0.717) is 5.41 Å². The standard InChI is InChI=1S/C22H35N7O.HI/c1-23-21(24-11-8-20-27-26-19-7-3-6-12-29(19)20)25-17-22(9-4-2-5-10-22)18-28-13-15-30-16-14-28;/h3,6-7,12H,2,4-5,8-11,13-18H2,1H3,(H2,23,24,25);1H. The summed E-state index contributed by atoms with van der Waals surface area (Å²) in [6, 6.07) is 5.96. The van der Waals surface area contributed by atoms with Gasteiger partial charge in [-0.15, -0.1) is 34.2 Å². The molecule has 2 N–H and O–H groups in total. The van der Waals surface area contributed by atoms with Crippen LogP contribution in [0.15, 0.2) is 29.4 Å². The van der Waals surface area contributed by atoms with E-state index < -0.39 is 0 Å². The van der Waals surface area contributed by atoms with E-state index in [2.05, 4.69) is 30.7 Å². The molecule has 0 spiro atoms. The highest BCUT2D eigenvalue weighted by atomic mass is 127. The number of rotatable bonds is 7. The predicted octanol–water partition coefficient (Wildman–Crippen LogP) is 2.34. The first-order valence-corrected chi connectivity index (χ1v) is 11.3. The largest absolute Gasteiger partial charge is 0.379 e. The summed E-state index contributed by atoms with van der Waals surface area (Å²) >= 11 is 0. The fourth-order valence-corrected chi connectivity index (χ4v) is 4.77. The molecule has 2 aromatic heterocycles. The fourth-order valence-electron chi connectivity index (χ4n) is 4.77. The molecule has 0 bridgehead atoms. The minimum absolute atomic E-state index is 0. The van der Waals surface area contributed by atoms with E-state index in [1.54, 1.807) is 0 Å². The highest BCUT2D eigenvalue weighted by molar-refractivity contribution is 14.0. The van der Waals surface area contributed by atoms with Gasteiger partial charge in [-0.25, -0.2) is 0 Å². The summed E-state index contributed by atoms with van der Waals surface area (Å²) in [6.45, 7) is 6.74. The van der Waals surface area contributed by atoms with E-state index >= 15 is 0 Å². The number of pyridine rings is 1. The second-order valence-electron chi connectivity index (χ2n) is 8.60. The number of ether oxygens (including phenoxy) is 1. The Bertz CT molecular complexity index is 828. The highest BCUT2D eigenvalue weighted by Crippen LogP contribution is 2.36. The summed E-state index contributed by atoms with van der Waals surface area (Å²) < 4.78 is 7.58. The molecule has 9 heteroatoms. The van der Waals surface area contributed by atoms with Crippen molar-refractivity contribution in [1.82, 2.24) is 30.1 Å². The third-order valence-electron chi connectivity index (χ3n) is 6.46. The molecule has 0 amide bonds. The molecule has 3 heterocycles. The normalized spacial score (nSPS) is 19.7. The molecule has 1 aliphatic carbocycles. The zero-order valence-electron chi connectivity index (χ0n) is 18.6. The number of fused-ring (bicyclic) bond motifs is 1. The molecule has 31 heavy (non-hydrogen) atoms. The zero-order valence-corrected chi connectivity index (χ0v) is 20.9. The maximum absolute atomic E-state index is 5.54. The summed E-state index contributed by atoms with van der Waals surface area (Å²) in [5.41, 5.74) is 1.22. The van der Waals surface area contributed by atoms with Crippen LogP contribution in [0.3, 0.4) is 0 Å². The van der Waals surface area contributed by atoms with Crippen molar-refractivity contribution in [3.63, 3.8) is 0 Å². The lowest BCUT2D eigenvalue weighted by atomic mass is 9.73. The number of aromatic nitrogens is 3. The first-order valence-electron chi connectivity index (χ1n) is 11.3. The maximum Gasteiger partial charge on any atom is 0.191 e. The van der Waals surface area contributed by atoms with Gasteiger partial charge < -0.3 is 15.4 Å². The first kappa shape index (κ1) is 24.2. The van der Waals surface area contributed by atoms with Gasteiger partial charge in [-0.05, 0) is 25.0 Å². The van der Waals surface area contributed by atoms with E-state index in [1.165, 1.54) is 32.1 Å². The lowest BCUT2D eigenvalue weighted by Gasteiger charge is -2.42. The third-order valence-corrected chi connectivity index (χ3v) is 6.46. The molecular weight excluding hydrogens is 505 g/mol. The van der Waals surface area contributed by atoms with Crippen LogP contribution < -0.4 is 10.6 Å². The van der Waals surface area contributed by atoms with Gasteiger partial charge in [-0.1, -0.05) is 25.3 Å². The molecule has 1 saturated carbocycles. The minimum atomic E-state index is 0. The Morgan fingerprint density at radius 2 is 1.94 bits per heavy atom. The Morgan fingerprint density at radius 3 is 2.71 bits per heavy atom. The summed E-state index contributed by atoms with van der Waals surface area (Å²) in [6.07, 6.45) is 9.42. The van der Waals surface area contributed by atoms with Crippen LogP contribution in [0.4, 0.5) is 0 Å². The van der Waals surface area contributed by atoms with Crippen molar-refractivity contribution >= 4 is 35.6 Å². The van der Waals surface area contributed by atoms with Crippen LogP contribution in [0.2, 0.25) is 0 Å². The van der Waals surface area contributed by atoms with Crippen molar-refractivity contribution in [3.8, 4) is 0 Å². The van der Waals surface area contributed by atoms with Gasteiger partial charge >= 0.3 is 0 Å². The van der Waals surface area contributed by atoms with Crippen LogP contribution in [0, 0.1) is 5.41 Å². The van der Waals surface area contributed by atoms with Gasteiger partial charge in [0.1, 0.15) is 5.82 Å². The van der Waals surface area contributed by atoms with E-state index in [0.717, 1.165) is 69.8 Å². The Labute approximate surface area is 202 Å². The molecule has 8 nitrogen and oxygen atoms in total. The number of halogens is 1. The van der Waals surface area contributed by atoms with Crippen molar-refractivity contribution in [2.24, 2.45) is 10.4 Å². The quantitative estimate of drug-likeness (QED) is 0.319. The second kappa shape index (κ2) is 12.0. The molecule has 0 aromatic carbocycles. The van der Waals surface area contributed by atoms with Crippen LogP contribution in [0.25, 0.3) is 5.65 Å². The predicted molar refractivity (Wildman–Crippen MR) is 134 cm³/mol. The number of aliphatic imine (C=N–C) groups is 1. The average Bonchev–Trinajstić information content (AvgIpc) is 3.20. The molecule has 1 saturated heterocycles. The van der Waals surface area contributed by atoms with Gasteiger partial charge in [0, 0.05) is 57.8 Å². The Kier molecular flexibility index (Phi) is 9.33. The number of morpholine rings is 1. The highest BCUT2D eigenvalue weighted by Gasteiger charge is 2.34. The van der Waals surface area contributed by atoms with Gasteiger partial charge in [-0.2, -0.15) is 0 Å². The van der Waals surface area contributed by atoms with E-state index in [9.17, 15) is 0 Å². The summed E-state index contributed by atoms with van der Waals surface area (Å²) in [4.78, 5) is 7.04. The number of hydrogen-bond donors (Lipinski definition) is 2. The van der Waals surface area contributed by atoms with E-state index in [4.69, 9.17) is 4.74 Å². The molecule has 0 unspecified atom stereocenters. The van der Waals surface area contributed by atoms with Crippen LogP contribution in [-0.4, -0.2) is 78.4 Å². The number of hydrogen-bond acceptors (Lipinski definition) is 5. The molecular formula is C22H36IN7O. The monoisotopic (exact) mass is 541 g/mol. The fraction of sp³-hybridized carbons (Fsp3) is 0.682. The topological polar surface area (TPSA) is 79.1 Å². The zero-order chi connectivity index (χ0) is 20.7. The molecule has 2 fully saturated rings. The number of nitrogens with zero attached hydrogens (tertiary/aromatic N) is 5. The molecule has 0 atom stereocenters. The number of guanidine groups is 1.